The van der Waals surface area contributed by atoms with Crippen molar-refractivity contribution in [2.24, 2.45) is 5.92 Å². The highest BCUT2D eigenvalue weighted by molar-refractivity contribution is 7.29. The van der Waals surface area contributed by atoms with E-state index in [1.165, 1.54) is 58.4 Å². The van der Waals surface area contributed by atoms with Crippen LogP contribution < -0.4 is 0 Å². The first kappa shape index (κ1) is 16.8. The van der Waals surface area contributed by atoms with Crippen molar-refractivity contribution in [1.82, 2.24) is 0 Å². The zero-order valence-electron chi connectivity index (χ0n) is 14.6. The molecule has 0 unspecified atom stereocenters. The van der Waals surface area contributed by atoms with Crippen LogP contribution in [0.1, 0.15) is 61.8 Å². The van der Waals surface area contributed by atoms with E-state index in [-0.39, 0.29) is 0 Å². The Labute approximate surface area is 157 Å². The molecule has 1 aromatic carbocycles. The highest BCUT2D eigenvalue weighted by atomic mass is 32.1. The van der Waals surface area contributed by atoms with Crippen molar-refractivity contribution >= 4 is 32.1 Å². The second-order valence-corrected chi connectivity index (χ2v) is 9.38. The Kier molecular flexibility index (Phi) is 4.92. The fraction of sp³-hybridized carbons (Fsp3) is 0.409. The minimum atomic E-state index is 0.725. The monoisotopic (exact) mass is 365 g/mol. The summed E-state index contributed by atoms with van der Waals surface area (Å²) in [7, 11) is 0. The molecule has 1 aliphatic carbocycles. The maximum Gasteiger partial charge on any atom is 0.0991 e. The van der Waals surface area contributed by atoms with E-state index in [0.717, 1.165) is 17.4 Å². The van der Waals surface area contributed by atoms with Crippen LogP contribution in [0.15, 0.2) is 36.4 Å². The molecule has 1 aliphatic rings. The minimum Gasteiger partial charge on any atom is -0.192 e. The molecule has 4 rings (SSSR count). The van der Waals surface area contributed by atoms with Gasteiger partial charge in [-0.2, -0.15) is 5.26 Å². The molecule has 0 aliphatic heterocycles. The van der Waals surface area contributed by atoms with Crippen molar-refractivity contribution in [2.45, 2.75) is 51.4 Å². The van der Waals surface area contributed by atoms with Gasteiger partial charge in [0.1, 0.15) is 0 Å². The summed E-state index contributed by atoms with van der Waals surface area (Å²) < 4.78 is 2.85. The van der Waals surface area contributed by atoms with Crippen LogP contribution >= 0.6 is 22.7 Å². The van der Waals surface area contributed by atoms with Crippen molar-refractivity contribution in [3.63, 3.8) is 0 Å². The fourth-order valence-electron chi connectivity index (χ4n) is 4.05. The maximum atomic E-state index is 8.94. The summed E-state index contributed by atoms with van der Waals surface area (Å²) in [5.74, 6) is 1.77. The third-order valence-electron chi connectivity index (χ3n) is 5.47. The molecule has 1 fully saturated rings. The lowest BCUT2D eigenvalue weighted by atomic mass is 9.79. The molecular weight excluding hydrogens is 342 g/mol. The molecule has 2 aromatic heterocycles. The normalized spacial score (nSPS) is 20.6. The van der Waals surface area contributed by atoms with E-state index in [1.54, 1.807) is 4.88 Å². The predicted molar refractivity (Wildman–Crippen MR) is 109 cm³/mol. The topological polar surface area (TPSA) is 23.8 Å². The first-order valence-electron chi connectivity index (χ1n) is 9.30. The van der Waals surface area contributed by atoms with E-state index in [0.29, 0.717) is 0 Å². The SMILES string of the molecule is CCCC1CCC(c2cc3sc(-c4ccc(C#N)cc4)cc3s2)CC1. The number of hydrogen-bond donors (Lipinski definition) is 0. The Bertz CT molecular complexity index is 855. The van der Waals surface area contributed by atoms with Gasteiger partial charge in [-0.15, -0.1) is 22.7 Å². The fourth-order valence-corrected chi connectivity index (χ4v) is 6.63. The standard InChI is InChI=1S/C22H23NS2/c1-2-3-15-4-8-17(9-5-15)19-12-21-22(24-19)13-20(25-21)18-10-6-16(14-23)7-11-18/h6-7,10-13,15,17H,2-5,8-9H2,1H3. The van der Waals surface area contributed by atoms with E-state index in [1.807, 2.05) is 34.8 Å². The van der Waals surface area contributed by atoms with Crippen LogP contribution in [-0.4, -0.2) is 0 Å². The van der Waals surface area contributed by atoms with Gasteiger partial charge in [0.15, 0.2) is 0 Å². The first-order chi connectivity index (χ1) is 12.3. The second kappa shape index (κ2) is 7.32. The van der Waals surface area contributed by atoms with E-state index >= 15 is 0 Å². The van der Waals surface area contributed by atoms with Gasteiger partial charge in [0.05, 0.1) is 11.6 Å². The van der Waals surface area contributed by atoms with Crippen LogP contribution in [0.25, 0.3) is 19.8 Å². The van der Waals surface area contributed by atoms with E-state index in [2.05, 4.69) is 37.3 Å². The molecule has 3 aromatic rings. The highest BCUT2D eigenvalue weighted by Crippen LogP contribution is 2.45. The summed E-state index contributed by atoms with van der Waals surface area (Å²) in [6, 6.07) is 14.9. The van der Waals surface area contributed by atoms with Crippen LogP contribution in [-0.2, 0) is 0 Å². The van der Waals surface area contributed by atoms with Crippen molar-refractivity contribution in [3.8, 4) is 16.5 Å². The van der Waals surface area contributed by atoms with E-state index in [9.17, 15) is 0 Å². The Morgan fingerprint density at radius 2 is 1.72 bits per heavy atom. The van der Waals surface area contributed by atoms with Gasteiger partial charge >= 0.3 is 0 Å². The predicted octanol–water partition coefficient (Wildman–Crippen LogP) is 7.58. The van der Waals surface area contributed by atoms with Crippen LogP contribution in [0.3, 0.4) is 0 Å². The van der Waals surface area contributed by atoms with Crippen LogP contribution in [0.2, 0.25) is 0 Å². The molecule has 3 heteroatoms. The van der Waals surface area contributed by atoms with Crippen LogP contribution in [0, 0.1) is 17.2 Å². The van der Waals surface area contributed by atoms with E-state index in [4.69, 9.17) is 5.26 Å². The lowest BCUT2D eigenvalue weighted by Gasteiger charge is -2.27. The third-order valence-corrected chi connectivity index (χ3v) is 7.98. The quantitative estimate of drug-likeness (QED) is 0.467. The molecule has 0 saturated heterocycles. The lowest BCUT2D eigenvalue weighted by Crippen LogP contribution is -2.12. The summed E-state index contributed by atoms with van der Waals surface area (Å²) in [4.78, 5) is 2.91. The molecule has 0 N–H and O–H groups in total. The van der Waals surface area contributed by atoms with E-state index < -0.39 is 0 Å². The van der Waals surface area contributed by atoms with Gasteiger partial charge in [-0.05, 0) is 67.3 Å². The Balaban J connectivity index is 1.51. The molecule has 0 radical (unpaired) electrons. The average Bonchev–Trinajstić information content (AvgIpc) is 3.22. The molecule has 0 bridgehead atoms. The first-order valence-corrected chi connectivity index (χ1v) is 10.9. The zero-order valence-corrected chi connectivity index (χ0v) is 16.3. The molecular formula is C22H23NS2. The van der Waals surface area contributed by atoms with Crippen molar-refractivity contribution in [2.75, 3.05) is 0 Å². The molecule has 1 saturated carbocycles. The average molecular weight is 366 g/mol. The molecule has 25 heavy (non-hydrogen) atoms. The van der Waals surface area contributed by atoms with Gasteiger partial charge in [-0.3, -0.25) is 0 Å². The summed E-state index contributed by atoms with van der Waals surface area (Å²) in [5, 5.41) is 8.94. The number of thiophene rings is 2. The number of rotatable bonds is 4. The smallest absolute Gasteiger partial charge is 0.0991 e. The summed E-state index contributed by atoms with van der Waals surface area (Å²) in [5.41, 5.74) is 1.94. The molecule has 0 spiro atoms. The number of benzene rings is 1. The van der Waals surface area contributed by atoms with Gasteiger partial charge in [-0.1, -0.05) is 31.9 Å². The zero-order chi connectivity index (χ0) is 17.2. The third kappa shape index (κ3) is 3.52. The van der Waals surface area contributed by atoms with Crippen molar-refractivity contribution < 1.29 is 0 Å². The summed E-state index contributed by atoms with van der Waals surface area (Å²) in [6.45, 7) is 2.31. The summed E-state index contributed by atoms with van der Waals surface area (Å²) in [6.07, 6.45) is 8.34. The van der Waals surface area contributed by atoms with Crippen molar-refractivity contribution in [3.05, 3.63) is 46.8 Å². The molecule has 128 valence electrons. The minimum absolute atomic E-state index is 0.725. The van der Waals surface area contributed by atoms with Gasteiger partial charge < -0.3 is 0 Å². The largest absolute Gasteiger partial charge is 0.192 e. The lowest BCUT2D eigenvalue weighted by molar-refractivity contribution is 0.310. The van der Waals surface area contributed by atoms with Crippen LogP contribution in [0.4, 0.5) is 0 Å². The Hall–Kier alpha value is -1.63. The number of hydrogen-bond acceptors (Lipinski definition) is 3. The summed E-state index contributed by atoms with van der Waals surface area (Å²) >= 11 is 3.88. The Morgan fingerprint density at radius 3 is 2.36 bits per heavy atom. The number of fused-ring (bicyclic) bond motifs is 1. The molecule has 0 amide bonds. The highest BCUT2D eigenvalue weighted by Gasteiger charge is 2.23. The van der Waals surface area contributed by atoms with Crippen LogP contribution in [0.5, 0.6) is 0 Å². The molecule has 0 atom stereocenters. The second-order valence-electron chi connectivity index (χ2n) is 7.18. The number of nitrogens with zero attached hydrogens (tertiary/aromatic N) is 1. The van der Waals surface area contributed by atoms with Gasteiger partial charge in [0, 0.05) is 19.2 Å². The van der Waals surface area contributed by atoms with Gasteiger partial charge in [0.2, 0.25) is 0 Å². The van der Waals surface area contributed by atoms with Gasteiger partial charge in [-0.25, -0.2) is 0 Å². The van der Waals surface area contributed by atoms with Gasteiger partial charge in [0.25, 0.3) is 0 Å². The molecule has 2 heterocycles. The Morgan fingerprint density at radius 1 is 1.00 bits per heavy atom. The molecule has 1 nitrogen and oxygen atoms in total. The van der Waals surface area contributed by atoms with Crippen molar-refractivity contribution in [1.29, 1.82) is 5.26 Å². The maximum absolute atomic E-state index is 8.94. The number of nitriles is 1.